The quantitative estimate of drug-likeness (QED) is 0.290. The molecule has 30 heavy (non-hydrogen) atoms. The van der Waals surface area contributed by atoms with Crippen LogP contribution in [0.5, 0.6) is 11.5 Å². The van der Waals surface area contributed by atoms with Crippen molar-refractivity contribution in [1.29, 1.82) is 0 Å². The molecule has 2 aromatic carbocycles. The Morgan fingerprint density at radius 3 is 2.77 bits per heavy atom. The van der Waals surface area contributed by atoms with Gasteiger partial charge in [-0.3, -0.25) is 9.36 Å². The maximum Gasteiger partial charge on any atom is 0.262 e. The molecule has 1 aliphatic rings. The van der Waals surface area contributed by atoms with E-state index >= 15 is 0 Å². The zero-order valence-corrected chi connectivity index (χ0v) is 18.2. The molecule has 1 fully saturated rings. The molecule has 0 radical (unpaired) electrons. The van der Waals surface area contributed by atoms with Gasteiger partial charge in [-0.1, -0.05) is 23.4 Å². The molecule has 0 N–H and O–H groups in total. The van der Waals surface area contributed by atoms with Crippen LogP contribution < -0.4 is 15.0 Å². The minimum Gasteiger partial charge on any atom is -0.497 e. The van der Waals surface area contributed by atoms with Gasteiger partial charge in [-0.2, -0.15) is 0 Å². The van der Waals surface area contributed by atoms with Gasteiger partial charge in [0.15, 0.2) is 5.16 Å². The van der Waals surface area contributed by atoms with E-state index in [0.717, 1.165) is 30.9 Å². The molecule has 1 aliphatic heterocycles. The average Bonchev–Trinajstić information content (AvgIpc) is 3.27. The fraction of sp³-hybridized carbons (Fsp3) is 0.364. The molecule has 158 valence electrons. The second-order valence-corrected chi connectivity index (χ2v) is 8.48. The van der Waals surface area contributed by atoms with Crippen LogP contribution in [-0.4, -0.2) is 41.7 Å². The Labute approximate surface area is 184 Å². The van der Waals surface area contributed by atoms with E-state index in [1.165, 1.54) is 11.8 Å². The number of ether oxygens (including phenoxy) is 3. The van der Waals surface area contributed by atoms with E-state index in [9.17, 15) is 4.79 Å². The molecule has 3 aromatic rings. The summed E-state index contributed by atoms with van der Waals surface area (Å²) < 4.78 is 18.4. The van der Waals surface area contributed by atoms with Crippen molar-refractivity contribution < 1.29 is 14.2 Å². The van der Waals surface area contributed by atoms with Crippen LogP contribution in [0.15, 0.2) is 52.4 Å². The molecule has 4 rings (SSSR count). The van der Waals surface area contributed by atoms with Crippen molar-refractivity contribution >= 4 is 34.3 Å². The van der Waals surface area contributed by atoms with Crippen molar-refractivity contribution in [2.45, 2.75) is 30.6 Å². The molecule has 1 aromatic heterocycles. The van der Waals surface area contributed by atoms with Crippen LogP contribution in [-0.2, 0) is 11.3 Å². The number of aromatic nitrogens is 2. The Morgan fingerprint density at radius 1 is 1.23 bits per heavy atom. The second kappa shape index (κ2) is 9.73. The molecule has 0 amide bonds. The van der Waals surface area contributed by atoms with Gasteiger partial charge in [0, 0.05) is 17.4 Å². The topological polar surface area (TPSA) is 62.6 Å². The van der Waals surface area contributed by atoms with Gasteiger partial charge in [0.05, 0.1) is 37.3 Å². The maximum absolute atomic E-state index is 13.1. The number of rotatable bonds is 8. The summed E-state index contributed by atoms with van der Waals surface area (Å²) in [5.74, 6) is 2.20. The van der Waals surface area contributed by atoms with Crippen LogP contribution >= 0.6 is 23.4 Å². The lowest BCUT2D eigenvalue weighted by atomic mass is 10.2. The van der Waals surface area contributed by atoms with Crippen molar-refractivity contribution in [3.05, 3.63) is 57.8 Å². The van der Waals surface area contributed by atoms with Crippen molar-refractivity contribution in [2.75, 3.05) is 26.1 Å². The third-order valence-corrected chi connectivity index (χ3v) is 6.11. The van der Waals surface area contributed by atoms with Gasteiger partial charge >= 0.3 is 0 Å². The molecular weight excluding hydrogens is 424 g/mol. The van der Waals surface area contributed by atoms with E-state index in [2.05, 4.69) is 0 Å². The fourth-order valence-electron chi connectivity index (χ4n) is 3.40. The first-order chi connectivity index (χ1) is 14.6. The van der Waals surface area contributed by atoms with Gasteiger partial charge in [0.1, 0.15) is 11.5 Å². The summed E-state index contributed by atoms with van der Waals surface area (Å²) in [4.78, 5) is 17.9. The lowest BCUT2D eigenvalue weighted by molar-refractivity contribution is 0.0937. The Hall–Kier alpha value is -2.22. The Bertz CT molecular complexity index is 1070. The smallest absolute Gasteiger partial charge is 0.262 e. The minimum absolute atomic E-state index is 0.0455. The van der Waals surface area contributed by atoms with E-state index in [0.29, 0.717) is 40.0 Å². The van der Waals surface area contributed by atoms with Gasteiger partial charge in [0.2, 0.25) is 0 Å². The molecule has 1 unspecified atom stereocenters. The number of hydrogen-bond acceptors (Lipinski definition) is 6. The van der Waals surface area contributed by atoms with Crippen LogP contribution in [0, 0.1) is 0 Å². The summed E-state index contributed by atoms with van der Waals surface area (Å²) in [5, 5.41) is 1.78. The normalized spacial score (nSPS) is 16.1. The molecule has 1 saturated heterocycles. The highest BCUT2D eigenvalue weighted by molar-refractivity contribution is 7.99. The summed E-state index contributed by atoms with van der Waals surface area (Å²) in [6, 6.07) is 12.6. The number of halogens is 1. The van der Waals surface area contributed by atoms with Crippen LogP contribution in [0.2, 0.25) is 5.02 Å². The van der Waals surface area contributed by atoms with Crippen LogP contribution in [0.25, 0.3) is 10.9 Å². The first-order valence-corrected chi connectivity index (χ1v) is 11.2. The highest BCUT2D eigenvalue weighted by Crippen LogP contribution is 2.23. The first-order valence-electron chi connectivity index (χ1n) is 9.85. The zero-order valence-electron chi connectivity index (χ0n) is 16.7. The van der Waals surface area contributed by atoms with E-state index < -0.39 is 0 Å². The summed E-state index contributed by atoms with van der Waals surface area (Å²) in [5.41, 5.74) is 0.542. The summed E-state index contributed by atoms with van der Waals surface area (Å²) >= 11 is 7.61. The average molecular weight is 447 g/mol. The van der Waals surface area contributed by atoms with Gasteiger partial charge in [-0.05, 0) is 55.3 Å². The highest BCUT2D eigenvalue weighted by atomic mass is 35.5. The van der Waals surface area contributed by atoms with E-state index in [4.69, 9.17) is 30.8 Å². The molecule has 0 spiro atoms. The van der Waals surface area contributed by atoms with Crippen molar-refractivity contribution in [2.24, 2.45) is 0 Å². The second-order valence-electron chi connectivity index (χ2n) is 6.98. The molecular formula is C22H23ClN2O4S. The van der Waals surface area contributed by atoms with Crippen molar-refractivity contribution in [3.63, 3.8) is 0 Å². The summed E-state index contributed by atoms with van der Waals surface area (Å²) in [6.07, 6.45) is 2.02. The molecule has 0 saturated carbocycles. The summed E-state index contributed by atoms with van der Waals surface area (Å²) in [6.45, 7) is 1.74. The molecule has 0 aliphatic carbocycles. The summed E-state index contributed by atoms with van der Waals surface area (Å²) in [7, 11) is 1.63. The van der Waals surface area contributed by atoms with Crippen LogP contribution in [0.4, 0.5) is 0 Å². The predicted octanol–water partition coefficient (Wildman–Crippen LogP) is 4.41. The van der Waals surface area contributed by atoms with Gasteiger partial charge in [0.25, 0.3) is 5.56 Å². The molecule has 8 heteroatoms. The monoisotopic (exact) mass is 446 g/mol. The van der Waals surface area contributed by atoms with Crippen molar-refractivity contribution in [1.82, 2.24) is 9.55 Å². The van der Waals surface area contributed by atoms with Crippen molar-refractivity contribution in [3.8, 4) is 11.5 Å². The lowest BCUT2D eigenvalue weighted by Gasteiger charge is -2.16. The number of hydrogen-bond donors (Lipinski definition) is 0. The first kappa shape index (κ1) is 21.0. The predicted molar refractivity (Wildman–Crippen MR) is 119 cm³/mol. The van der Waals surface area contributed by atoms with Gasteiger partial charge < -0.3 is 14.2 Å². The highest BCUT2D eigenvalue weighted by Gasteiger charge is 2.20. The fourth-order valence-corrected chi connectivity index (χ4v) is 4.39. The third-order valence-electron chi connectivity index (χ3n) is 4.94. The largest absolute Gasteiger partial charge is 0.497 e. The third kappa shape index (κ3) is 4.91. The number of thioether (sulfide) groups is 1. The van der Waals surface area contributed by atoms with Crippen LogP contribution in [0.1, 0.15) is 12.8 Å². The number of methoxy groups -OCH3 is 1. The number of benzene rings is 2. The Morgan fingerprint density at radius 2 is 2.03 bits per heavy atom. The standard InChI is InChI=1S/C22H23ClN2O4S/c1-27-16-5-7-17(8-6-16)29-11-12-30-22-24-20-13-15(23)4-9-19(20)21(26)25(22)14-18-3-2-10-28-18/h4-9,13,18H,2-3,10-12,14H2,1H3. The molecule has 2 heterocycles. The SMILES string of the molecule is COc1ccc(OCCSc2nc3cc(Cl)ccc3c(=O)n2CC2CCCO2)cc1. The van der Waals surface area contributed by atoms with E-state index in [-0.39, 0.29) is 11.7 Å². The van der Waals surface area contributed by atoms with E-state index in [1.54, 1.807) is 29.9 Å². The Kier molecular flexibility index (Phi) is 6.82. The minimum atomic E-state index is -0.0641. The molecule has 1 atom stereocenters. The Balaban J connectivity index is 1.50. The zero-order chi connectivity index (χ0) is 20.9. The number of nitrogens with zero attached hydrogens (tertiary/aromatic N) is 2. The molecule has 0 bridgehead atoms. The van der Waals surface area contributed by atoms with Gasteiger partial charge in [-0.15, -0.1) is 0 Å². The lowest BCUT2D eigenvalue weighted by Crippen LogP contribution is -2.29. The molecule has 6 nitrogen and oxygen atoms in total. The van der Waals surface area contributed by atoms with Crippen LogP contribution in [0.3, 0.4) is 0 Å². The van der Waals surface area contributed by atoms with Gasteiger partial charge in [-0.25, -0.2) is 4.98 Å². The van der Waals surface area contributed by atoms with E-state index in [1.807, 2.05) is 24.3 Å². The number of fused-ring (bicyclic) bond motifs is 1. The maximum atomic E-state index is 13.1.